The number of pyridine rings is 1. The van der Waals surface area contributed by atoms with Crippen molar-refractivity contribution < 1.29 is 9.47 Å². The van der Waals surface area contributed by atoms with E-state index in [1.807, 2.05) is 47.1 Å². The molecule has 3 rings (SSSR count). The molecule has 0 saturated carbocycles. The number of fused-ring (bicyclic) bond motifs is 1. The molecule has 0 saturated heterocycles. The zero-order chi connectivity index (χ0) is 15.5. The highest BCUT2D eigenvalue weighted by Crippen LogP contribution is 2.29. The van der Waals surface area contributed by atoms with Gasteiger partial charge in [-0.05, 0) is 36.8 Å². The van der Waals surface area contributed by atoms with Crippen LogP contribution in [-0.2, 0) is 0 Å². The molecule has 0 aliphatic carbocycles. The number of nitrogens with zero attached hydrogens (tertiary/aromatic N) is 2. The van der Waals surface area contributed by atoms with Crippen molar-refractivity contribution in [2.24, 2.45) is 0 Å². The summed E-state index contributed by atoms with van der Waals surface area (Å²) in [5.41, 5.74) is 9.26. The third-order valence-electron chi connectivity index (χ3n) is 3.43. The molecule has 5 heteroatoms. The summed E-state index contributed by atoms with van der Waals surface area (Å²) in [6, 6.07) is 9.56. The summed E-state index contributed by atoms with van der Waals surface area (Å²) in [4.78, 5) is 4.63. The highest BCUT2D eigenvalue weighted by molar-refractivity contribution is 5.71. The Balaban J connectivity index is 1.99. The van der Waals surface area contributed by atoms with Crippen LogP contribution in [0, 0.1) is 0 Å². The molecule has 0 amide bonds. The number of aromatic nitrogens is 2. The van der Waals surface area contributed by atoms with Crippen LogP contribution in [-0.4, -0.2) is 23.1 Å². The van der Waals surface area contributed by atoms with Gasteiger partial charge in [0.1, 0.15) is 5.75 Å². The Morgan fingerprint density at radius 2 is 2.09 bits per heavy atom. The van der Waals surface area contributed by atoms with Crippen molar-refractivity contribution in [3.8, 4) is 22.8 Å². The van der Waals surface area contributed by atoms with Crippen molar-refractivity contribution in [3.05, 3.63) is 42.7 Å². The quantitative estimate of drug-likeness (QED) is 0.733. The molecule has 2 aromatic heterocycles. The van der Waals surface area contributed by atoms with E-state index in [1.165, 1.54) is 0 Å². The van der Waals surface area contributed by atoms with Crippen LogP contribution in [0.5, 0.6) is 11.5 Å². The van der Waals surface area contributed by atoms with Crippen LogP contribution in [0.25, 0.3) is 16.9 Å². The summed E-state index contributed by atoms with van der Waals surface area (Å²) in [6.07, 6.45) is 4.85. The first-order valence-electron chi connectivity index (χ1n) is 7.27. The van der Waals surface area contributed by atoms with Gasteiger partial charge in [0.05, 0.1) is 25.1 Å². The van der Waals surface area contributed by atoms with Crippen molar-refractivity contribution in [1.82, 2.24) is 9.38 Å². The average molecular weight is 297 g/mol. The first-order chi connectivity index (χ1) is 10.7. The number of methoxy groups -OCH3 is 1. The van der Waals surface area contributed by atoms with E-state index in [0.717, 1.165) is 29.1 Å². The van der Waals surface area contributed by atoms with Gasteiger partial charge in [-0.2, -0.15) is 0 Å². The molecule has 22 heavy (non-hydrogen) atoms. The van der Waals surface area contributed by atoms with Gasteiger partial charge in [-0.3, -0.25) is 0 Å². The number of nitrogen functional groups attached to an aromatic ring is 1. The van der Waals surface area contributed by atoms with Gasteiger partial charge in [-0.25, -0.2) is 4.98 Å². The molecule has 0 fully saturated rings. The maximum absolute atomic E-state index is 6.07. The van der Waals surface area contributed by atoms with Crippen LogP contribution in [0.15, 0.2) is 42.7 Å². The predicted molar refractivity (Wildman–Crippen MR) is 87.4 cm³/mol. The summed E-state index contributed by atoms with van der Waals surface area (Å²) < 4.78 is 12.9. The Morgan fingerprint density at radius 1 is 1.23 bits per heavy atom. The second-order valence-electron chi connectivity index (χ2n) is 5.03. The first kappa shape index (κ1) is 14.3. The van der Waals surface area contributed by atoms with Crippen LogP contribution >= 0.6 is 0 Å². The van der Waals surface area contributed by atoms with Gasteiger partial charge in [-0.15, -0.1) is 0 Å². The lowest BCUT2D eigenvalue weighted by atomic mass is 10.1. The molecule has 0 spiro atoms. The lowest BCUT2D eigenvalue weighted by Crippen LogP contribution is -1.99. The highest BCUT2D eigenvalue weighted by Gasteiger charge is 2.10. The number of imidazole rings is 1. The largest absolute Gasteiger partial charge is 0.493 e. The van der Waals surface area contributed by atoms with Crippen LogP contribution < -0.4 is 15.2 Å². The van der Waals surface area contributed by atoms with Gasteiger partial charge in [0.15, 0.2) is 11.4 Å². The molecule has 0 atom stereocenters. The normalized spacial score (nSPS) is 10.8. The van der Waals surface area contributed by atoms with E-state index in [1.54, 1.807) is 7.11 Å². The molecule has 0 bridgehead atoms. The van der Waals surface area contributed by atoms with Crippen molar-refractivity contribution >= 4 is 11.3 Å². The number of hydrogen-bond donors (Lipinski definition) is 1. The van der Waals surface area contributed by atoms with E-state index in [9.17, 15) is 0 Å². The fourth-order valence-corrected chi connectivity index (χ4v) is 2.34. The van der Waals surface area contributed by atoms with Gasteiger partial charge in [0.2, 0.25) is 0 Å². The molecule has 0 unspecified atom stereocenters. The molecule has 1 aromatic carbocycles. The fourth-order valence-electron chi connectivity index (χ4n) is 2.34. The lowest BCUT2D eigenvalue weighted by molar-refractivity contribution is 0.319. The van der Waals surface area contributed by atoms with Crippen LogP contribution in [0.2, 0.25) is 0 Å². The molecule has 0 aliphatic rings. The molecule has 114 valence electrons. The standard InChI is InChI=1S/C17H19N3O2/c1-3-9-22-15-7-6-12(10-13(15)18)14-11-20-8-4-5-16(21-2)17(20)19-14/h4-8,10-11H,3,9,18H2,1-2H3. The molecule has 5 nitrogen and oxygen atoms in total. The smallest absolute Gasteiger partial charge is 0.180 e. The maximum atomic E-state index is 6.07. The SMILES string of the molecule is CCCOc1ccc(-c2cn3cccc(OC)c3n2)cc1N. The topological polar surface area (TPSA) is 61.8 Å². The minimum Gasteiger partial charge on any atom is -0.493 e. The predicted octanol–water partition coefficient (Wildman–Crippen LogP) is 3.38. The van der Waals surface area contributed by atoms with Crippen LogP contribution in [0.4, 0.5) is 5.69 Å². The van der Waals surface area contributed by atoms with Crippen molar-refractivity contribution in [2.45, 2.75) is 13.3 Å². The van der Waals surface area contributed by atoms with Gasteiger partial charge in [0.25, 0.3) is 0 Å². The number of nitrogens with two attached hydrogens (primary N) is 1. The van der Waals surface area contributed by atoms with Crippen LogP contribution in [0.1, 0.15) is 13.3 Å². The number of hydrogen-bond acceptors (Lipinski definition) is 4. The van der Waals surface area contributed by atoms with E-state index in [2.05, 4.69) is 11.9 Å². The Kier molecular flexibility index (Phi) is 3.87. The van der Waals surface area contributed by atoms with Gasteiger partial charge in [-0.1, -0.05) is 6.92 Å². The first-order valence-corrected chi connectivity index (χ1v) is 7.27. The molecular weight excluding hydrogens is 278 g/mol. The molecule has 2 N–H and O–H groups in total. The summed E-state index contributed by atoms with van der Waals surface area (Å²) in [6.45, 7) is 2.73. The Bertz CT molecular complexity index is 796. The van der Waals surface area contributed by atoms with Crippen molar-refractivity contribution in [2.75, 3.05) is 19.5 Å². The van der Waals surface area contributed by atoms with Gasteiger partial charge >= 0.3 is 0 Å². The Labute approximate surface area is 129 Å². The molecule has 0 radical (unpaired) electrons. The molecule has 2 heterocycles. The second-order valence-corrected chi connectivity index (χ2v) is 5.03. The molecule has 3 aromatic rings. The minimum absolute atomic E-state index is 0.620. The Hall–Kier alpha value is -2.69. The number of rotatable bonds is 5. The van der Waals surface area contributed by atoms with E-state index < -0.39 is 0 Å². The summed E-state index contributed by atoms with van der Waals surface area (Å²) in [5.74, 6) is 1.46. The minimum atomic E-state index is 0.620. The Morgan fingerprint density at radius 3 is 2.82 bits per heavy atom. The zero-order valence-electron chi connectivity index (χ0n) is 12.7. The van der Waals surface area contributed by atoms with Gasteiger partial charge < -0.3 is 19.6 Å². The van der Waals surface area contributed by atoms with Gasteiger partial charge in [0, 0.05) is 18.0 Å². The lowest BCUT2D eigenvalue weighted by Gasteiger charge is -2.08. The number of benzene rings is 1. The zero-order valence-corrected chi connectivity index (χ0v) is 12.7. The van der Waals surface area contributed by atoms with Crippen molar-refractivity contribution in [1.29, 1.82) is 0 Å². The number of anilines is 1. The van der Waals surface area contributed by atoms with E-state index in [0.29, 0.717) is 18.0 Å². The average Bonchev–Trinajstić information content (AvgIpc) is 2.97. The fraction of sp³-hybridized carbons (Fsp3) is 0.235. The molecular formula is C17H19N3O2. The van der Waals surface area contributed by atoms with Crippen molar-refractivity contribution in [3.63, 3.8) is 0 Å². The van der Waals surface area contributed by atoms with E-state index in [4.69, 9.17) is 15.2 Å². The third kappa shape index (κ3) is 2.57. The summed E-state index contributed by atoms with van der Waals surface area (Å²) in [7, 11) is 1.64. The van der Waals surface area contributed by atoms with Crippen LogP contribution in [0.3, 0.4) is 0 Å². The highest BCUT2D eigenvalue weighted by atomic mass is 16.5. The number of ether oxygens (including phenoxy) is 2. The summed E-state index contributed by atoms with van der Waals surface area (Å²) >= 11 is 0. The van der Waals surface area contributed by atoms with E-state index in [-0.39, 0.29) is 0 Å². The summed E-state index contributed by atoms with van der Waals surface area (Å²) in [5, 5.41) is 0. The van der Waals surface area contributed by atoms with E-state index >= 15 is 0 Å². The molecule has 0 aliphatic heterocycles. The third-order valence-corrected chi connectivity index (χ3v) is 3.43. The second kappa shape index (κ2) is 5.97. The maximum Gasteiger partial charge on any atom is 0.180 e. The monoisotopic (exact) mass is 297 g/mol.